The maximum absolute atomic E-state index is 13.9. The van der Waals surface area contributed by atoms with E-state index in [0.717, 1.165) is 17.2 Å². The van der Waals surface area contributed by atoms with Crippen molar-refractivity contribution in [3.63, 3.8) is 0 Å². The molecule has 0 radical (unpaired) electrons. The smallest absolute Gasteiger partial charge is 0.130 e. The summed E-state index contributed by atoms with van der Waals surface area (Å²) in [6, 6.07) is 8.50. The Labute approximate surface area is 112 Å². The van der Waals surface area contributed by atoms with Crippen LogP contribution in [0, 0.1) is 12.7 Å². The summed E-state index contributed by atoms with van der Waals surface area (Å²) in [5.41, 5.74) is 7.19. The van der Waals surface area contributed by atoms with Crippen LogP contribution in [-0.2, 0) is 6.54 Å². The van der Waals surface area contributed by atoms with Crippen LogP contribution in [0.3, 0.4) is 0 Å². The molecular weight excluding hydrogens is 243 g/mol. The quantitative estimate of drug-likeness (QED) is 0.918. The van der Waals surface area contributed by atoms with Crippen molar-refractivity contribution in [2.45, 2.75) is 26.4 Å². The van der Waals surface area contributed by atoms with Crippen LogP contribution in [0.5, 0.6) is 0 Å². The number of aryl methyl sites for hydroxylation is 1. The van der Waals surface area contributed by atoms with Gasteiger partial charge in [-0.1, -0.05) is 6.07 Å². The van der Waals surface area contributed by atoms with Crippen molar-refractivity contribution in [1.29, 1.82) is 0 Å². The molecule has 2 rings (SSSR count). The fourth-order valence-electron chi connectivity index (χ4n) is 2.20. The minimum absolute atomic E-state index is 0.269. The standard InChI is InChI=1S/C15H19FN2O/c1-10-7-8-12(19-10)9-18(3)14-6-4-5-13(16)15(14)11(2)17/h4-8,11H,9,17H2,1-3H3. The summed E-state index contributed by atoms with van der Waals surface area (Å²) in [4.78, 5) is 1.94. The summed E-state index contributed by atoms with van der Waals surface area (Å²) in [5, 5.41) is 0. The Hall–Kier alpha value is -1.81. The second kappa shape index (κ2) is 5.45. The molecule has 1 aromatic heterocycles. The van der Waals surface area contributed by atoms with E-state index in [-0.39, 0.29) is 11.9 Å². The van der Waals surface area contributed by atoms with Crippen LogP contribution in [0.25, 0.3) is 0 Å². The van der Waals surface area contributed by atoms with Gasteiger partial charge in [0, 0.05) is 24.3 Å². The Kier molecular flexibility index (Phi) is 3.90. The highest BCUT2D eigenvalue weighted by Gasteiger charge is 2.16. The van der Waals surface area contributed by atoms with E-state index in [4.69, 9.17) is 10.2 Å². The lowest BCUT2D eigenvalue weighted by molar-refractivity contribution is 0.481. The lowest BCUT2D eigenvalue weighted by atomic mass is 10.1. The number of furan rings is 1. The number of nitrogens with two attached hydrogens (primary N) is 1. The summed E-state index contributed by atoms with van der Waals surface area (Å²) in [6.07, 6.45) is 0. The van der Waals surface area contributed by atoms with Crippen LogP contribution >= 0.6 is 0 Å². The molecule has 0 aliphatic carbocycles. The van der Waals surface area contributed by atoms with Crippen LogP contribution < -0.4 is 10.6 Å². The van der Waals surface area contributed by atoms with E-state index in [1.165, 1.54) is 6.07 Å². The highest BCUT2D eigenvalue weighted by molar-refractivity contribution is 5.55. The fraction of sp³-hybridized carbons (Fsp3) is 0.333. The first-order chi connectivity index (χ1) is 8.99. The van der Waals surface area contributed by atoms with Gasteiger partial charge in [0.05, 0.1) is 6.54 Å². The van der Waals surface area contributed by atoms with E-state index in [9.17, 15) is 4.39 Å². The van der Waals surface area contributed by atoms with E-state index in [1.54, 1.807) is 13.0 Å². The molecule has 2 N–H and O–H groups in total. The van der Waals surface area contributed by atoms with Crippen LogP contribution in [0.2, 0.25) is 0 Å². The lowest BCUT2D eigenvalue weighted by Gasteiger charge is -2.23. The van der Waals surface area contributed by atoms with Crippen LogP contribution in [0.1, 0.15) is 30.0 Å². The summed E-state index contributed by atoms with van der Waals surface area (Å²) in [5.74, 6) is 1.45. The molecule has 102 valence electrons. The van der Waals surface area contributed by atoms with E-state index >= 15 is 0 Å². The van der Waals surface area contributed by atoms with Crippen LogP contribution in [0.4, 0.5) is 10.1 Å². The summed E-state index contributed by atoms with van der Waals surface area (Å²) in [7, 11) is 1.90. The first-order valence-electron chi connectivity index (χ1n) is 6.29. The van der Waals surface area contributed by atoms with Gasteiger partial charge in [-0.25, -0.2) is 4.39 Å². The van der Waals surface area contributed by atoms with Gasteiger partial charge in [-0.2, -0.15) is 0 Å². The average Bonchev–Trinajstić information content (AvgIpc) is 2.73. The molecular formula is C15H19FN2O. The highest BCUT2D eigenvalue weighted by atomic mass is 19.1. The Morgan fingerprint density at radius 3 is 2.63 bits per heavy atom. The predicted octanol–water partition coefficient (Wildman–Crippen LogP) is 3.38. The van der Waals surface area contributed by atoms with Crippen molar-refractivity contribution >= 4 is 5.69 Å². The van der Waals surface area contributed by atoms with E-state index < -0.39 is 0 Å². The molecule has 0 amide bonds. The molecule has 4 heteroatoms. The minimum atomic E-state index is -0.350. The predicted molar refractivity (Wildman–Crippen MR) is 74.6 cm³/mol. The van der Waals surface area contributed by atoms with E-state index in [2.05, 4.69) is 0 Å². The molecule has 19 heavy (non-hydrogen) atoms. The van der Waals surface area contributed by atoms with E-state index in [1.807, 2.05) is 37.1 Å². The number of rotatable bonds is 4. The van der Waals surface area contributed by atoms with Crippen molar-refractivity contribution in [2.24, 2.45) is 5.73 Å². The molecule has 1 atom stereocenters. The number of halogens is 1. The van der Waals surface area contributed by atoms with Gasteiger partial charge in [-0.15, -0.1) is 0 Å². The number of hydrogen-bond acceptors (Lipinski definition) is 3. The van der Waals surface area contributed by atoms with Crippen molar-refractivity contribution in [3.05, 3.63) is 53.2 Å². The van der Waals surface area contributed by atoms with Gasteiger partial charge in [0.25, 0.3) is 0 Å². The summed E-state index contributed by atoms with van der Waals surface area (Å²) >= 11 is 0. The largest absolute Gasteiger partial charge is 0.464 e. The van der Waals surface area contributed by atoms with Gasteiger partial charge in [0.2, 0.25) is 0 Å². The minimum Gasteiger partial charge on any atom is -0.464 e. The Bertz CT molecular complexity index is 563. The molecule has 1 unspecified atom stereocenters. The average molecular weight is 262 g/mol. The maximum atomic E-state index is 13.9. The number of nitrogens with zero attached hydrogens (tertiary/aromatic N) is 1. The highest BCUT2D eigenvalue weighted by Crippen LogP contribution is 2.28. The zero-order valence-electron chi connectivity index (χ0n) is 11.5. The summed E-state index contributed by atoms with van der Waals surface area (Å²) in [6.45, 7) is 4.27. The van der Waals surface area contributed by atoms with E-state index in [0.29, 0.717) is 12.1 Å². The molecule has 0 aliphatic heterocycles. The fourth-order valence-corrected chi connectivity index (χ4v) is 2.20. The van der Waals surface area contributed by atoms with Crippen LogP contribution in [-0.4, -0.2) is 7.05 Å². The molecule has 0 saturated heterocycles. The van der Waals surface area contributed by atoms with Gasteiger partial charge in [-0.3, -0.25) is 0 Å². The second-order valence-electron chi connectivity index (χ2n) is 4.83. The monoisotopic (exact) mass is 262 g/mol. The first kappa shape index (κ1) is 13.6. The lowest BCUT2D eigenvalue weighted by Crippen LogP contribution is -2.21. The van der Waals surface area contributed by atoms with Crippen LogP contribution in [0.15, 0.2) is 34.7 Å². The van der Waals surface area contributed by atoms with Gasteiger partial charge in [0.1, 0.15) is 17.3 Å². The molecule has 1 heterocycles. The maximum Gasteiger partial charge on any atom is 0.130 e. The SMILES string of the molecule is Cc1ccc(CN(C)c2cccc(F)c2C(C)N)o1. The molecule has 0 saturated carbocycles. The second-order valence-corrected chi connectivity index (χ2v) is 4.83. The van der Waals surface area contributed by atoms with Gasteiger partial charge in [0.15, 0.2) is 0 Å². The number of anilines is 1. The third-order valence-electron chi connectivity index (χ3n) is 3.09. The Morgan fingerprint density at radius 2 is 2.05 bits per heavy atom. The van der Waals surface area contributed by atoms with Crippen molar-refractivity contribution in [2.75, 3.05) is 11.9 Å². The molecule has 0 fully saturated rings. The third-order valence-corrected chi connectivity index (χ3v) is 3.09. The molecule has 2 aromatic rings. The Morgan fingerprint density at radius 1 is 1.32 bits per heavy atom. The Balaban J connectivity index is 2.28. The van der Waals surface area contributed by atoms with Crippen molar-refractivity contribution in [3.8, 4) is 0 Å². The first-order valence-corrected chi connectivity index (χ1v) is 6.29. The zero-order chi connectivity index (χ0) is 14.0. The summed E-state index contributed by atoms with van der Waals surface area (Å²) < 4.78 is 19.4. The molecule has 0 aliphatic rings. The van der Waals surface area contributed by atoms with Gasteiger partial charge >= 0.3 is 0 Å². The van der Waals surface area contributed by atoms with Crippen molar-refractivity contribution in [1.82, 2.24) is 0 Å². The van der Waals surface area contributed by atoms with Crippen molar-refractivity contribution < 1.29 is 8.81 Å². The van der Waals surface area contributed by atoms with Gasteiger partial charge in [-0.05, 0) is 38.1 Å². The molecule has 0 spiro atoms. The zero-order valence-corrected chi connectivity index (χ0v) is 11.5. The molecule has 1 aromatic carbocycles. The molecule has 0 bridgehead atoms. The topological polar surface area (TPSA) is 42.4 Å². The third kappa shape index (κ3) is 2.96. The van der Waals surface area contributed by atoms with Gasteiger partial charge < -0.3 is 15.1 Å². The molecule has 3 nitrogen and oxygen atoms in total. The normalized spacial score (nSPS) is 12.5. The number of benzene rings is 1. The number of hydrogen-bond donors (Lipinski definition) is 1.